The van der Waals surface area contributed by atoms with Crippen LogP contribution in [0.5, 0.6) is 0 Å². The summed E-state index contributed by atoms with van der Waals surface area (Å²) in [6, 6.07) is 9.91. The lowest BCUT2D eigenvalue weighted by atomic mass is 9.94. The summed E-state index contributed by atoms with van der Waals surface area (Å²) in [7, 11) is 0. The summed E-state index contributed by atoms with van der Waals surface area (Å²) in [4.78, 5) is 38.1. The van der Waals surface area contributed by atoms with E-state index >= 15 is 0 Å². The van der Waals surface area contributed by atoms with Crippen molar-refractivity contribution >= 4 is 28.7 Å². The first-order chi connectivity index (χ1) is 17.0. The summed E-state index contributed by atoms with van der Waals surface area (Å²) in [5, 5.41) is 18.8. The highest BCUT2D eigenvalue weighted by molar-refractivity contribution is 6.06. The van der Waals surface area contributed by atoms with Gasteiger partial charge >= 0.3 is 5.97 Å². The molecule has 1 aliphatic rings. The number of rotatable bonds is 5. The number of hydrogen-bond donors (Lipinski definition) is 2. The normalized spacial score (nSPS) is 17.2. The number of halogens is 1. The minimum atomic E-state index is -2.16. The van der Waals surface area contributed by atoms with E-state index in [2.05, 4.69) is 25.4 Å². The van der Waals surface area contributed by atoms with Gasteiger partial charge in [-0.3, -0.25) is 9.59 Å². The van der Waals surface area contributed by atoms with Crippen LogP contribution in [0.2, 0.25) is 0 Å². The molecule has 0 radical (unpaired) electrons. The van der Waals surface area contributed by atoms with E-state index in [1.165, 1.54) is 12.3 Å². The van der Waals surface area contributed by atoms with Crippen molar-refractivity contribution < 1.29 is 23.8 Å². The average Bonchev–Trinajstić information content (AvgIpc) is 3.28. The molecule has 0 spiro atoms. The summed E-state index contributed by atoms with van der Waals surface area (Å²) in [5.74, 6) is -1.66. The zero-order chi connectivity index (χ0) is 25.7. The molecule has 0 fully saturated rings. The minimum Gasteiger partial charge on any atom is -0.460 e. The zero-order valence-electron chi connectivity index (χ0n) is 19.8. The molecule has 10 nitrogen and oxygen atoms in total. The predicted octanol–water partition coefficient (Wildman–Crippen LogP) is 2.95. The highest BCUT2D eigenvalue weighted by Gasteiger charge is 2.49. The quantitative estimate of drug-likeness (QED) is 0.408. The molecule has 0 saturated heterocycles. The number of benzene rings is 1. The molecule has 1 aromatic carbocycles. The number of amides is 1. The van der Waals surface area contributed by atoms with Crippen LogP contribution in [0, 0.1) is 5.82 Å². The van der Waals surface area contributed by atoms with Crippen molar-refractivity contribution in [1.82, 2.24) is 24.7 Å². The van der Waals surface area contributed by atoms with Crippen LogP contribution in [0.4, 0.5) is 10.2 Å². The monoisotopic (exact) mass is 490 g/mol. The van der Waals surface area contributed by atoms with Crippen molar-refractivity contribution in [2.24, 2.45) is 0 Å². The van der Waals surface area contributed by atoms with Gasteiger partial charge in [0, 0.05) is 18.0 Å². The van der Waals surface area contributed by atoms with Gasteiger partial charge in [-0.05, 0) is 39.0 Å². The van der Waals surface area contributed by atoms with E-state index in [1.807, 2.05) is 0 Å². The van der Waals surface area contributed by atoms with E-state index < -0.39 is 29.5 Å². The Bertz CT molecular complexity index is 1510. The summed E-state index contributed by atoms with van der Waals surface area (Å²) < 4.78 is 21.1. The number of pyridine rings is 1. The van der Waals surface area contributed by atoms with Gasteiger partial charge in [0.2, 0.25) is 0 Å². The number of aliphatic hydroxyl groups is 1. The Morgan fingerprint density at radius 2 is 1.97 bits per heavy atom. The predicted molar refractivity (Wildman–Crippen MR) is 127 cm³/mol. The van der Waals surface area contributed by atoms with E-state index in [1.54, 1.807) is 62.0 Å². The smallest absolute Gasteiger partial charge is 0.310 e. The van der Waals surface area contributed by atoms with Crippen molar-refractivity contribution in [3.63, 3.8) is 0 Å². The molecule has 1 unspecified atom stereocenters. The van der Waals surface area contributed by atoms with E-state index in [0.717, 1.165) is 0 Å². The fraction of sp³-hybridized carbons (Fsp3) is 0.280. The summed E-state index contributed by atoms with van der Waals surface area (Å²) in [6.45, 7) is 5.21. The van der Waals surface area contributed by atoms with Crippen molar-refractivity contribution in [1.29, 1.82) is 0 Å². The third-order valence-electron chi connectivity index (χ3n) is 5.66. The lowest BCUT2D eigenvalue weighted by molar-refractivity contribution is -0.163. The maximum Gasteiger partial charge on any atom is 0.310 e. The van der Waals surface area contributed by atoms with Gasteiger partial charge in [0.25, 0.3) is 5.91 Å². The summed E-state index contributed by atoms with van der Waals surface area (Å²) in [5.41, 5.74) is -1.56. The topological polar surface area (TPSA) is 132 Å². The molecule has 5 rings (SSSR count). The SMILES string of the molecule is CC(C)(C)OC(=O)CC1(O)C(=O)Nc2nc(-c3nn(Cc4ccccc4F)c4ncccc34)ncc21. The van der Waals surface area contributed by atoms with Crippen LogP contribution in [0.25, 0.3) is 22.6 Å². The molecular formula is C25H23FN6O4. The van der Waals surface area contributed by atoms with Crippen LogP contribution in [0.3, 0.4) is 0 Å². The van der Waals surface area contributed by atoms with Crippen LogP contribution in [0.15, 0.2) is 48.8 Å². The molecule has 4 aromatic rings. The molecule has 36 heavy (non-hydrogen) atoms. The van der Waals surface area contributed by atoms with Gasteiger partial charge in [-0.2, -0.15) is 5.10 Å². The van der Waals surface area contributed by atoms with Crippen LogP contribution in [-0.4, -0.2) is 47.3 Å². The molecule has 4 heterocycles. The molecule has 1 amide bonds. The number of nitrogens with zero attached hydrogens (tertiary/aromatic N) is 5. The number of nitrogens with one attached hydrogen (secondary N) is 1. The van der Waals surface area contributed by atoms with Gasteiger partial charge in [-0.1, -0.05) is 18.2 Å². The molecule has 0 saturated carbocycles. The van der Waals surface area contributed by atoms with E-state index in [4.69, 9.17) is 4.74 Å². The highest BCUT2D eigenvalue weighted by atomic mass is 19.1. The number of carbonyl (C=O) groups is 2. The number of anilines is 1. The van der Waals surface area contributed by atoms with Gasteiger partial charge in [-0.15, -0.1) is 0 Å². The molecule has 1 atom stereocenters. The van der Waals surface area contributed by atoms with Crippen molar-refractivity contribution in [2.75, 3.05) is 5.32 Å². The second kappa shape index (κ2) is 8.45. The Hall–Kier alpha value is -4.25. The van der Waals surface area contributed by atoms with E-state index in [9.17, 15) is 19.1 Å². The first kappa shape index (κ1) is 23.5. The fourth-order valence-corrected chi connectivity index (χ4v) is 4.06. The number of ether oxygens (including phenoxy) is 1. The summed E-state index contributed by atoms with van der Waals surface area (Å²) >= 11 is 0. The zero-order valence-corrected chi connectivity index (χ0v) is 19.8. The Morgan fingerprint density at radius 1 is 1.19 bits per heavy atom. The summed E-state index contributed by atoms with van der Waals surface area (Å²) in [6.07, 6.45) is 2.31. The van der Waals surface area contributed by atoms with Gasteiger partial charge in [0.05, 0.1) is 23.9 Å². The van der Waals surface area contributed by atoms with Crippen LogP contribution < -0.4 is 5.32 Å². The minimum absolute atomic E-state index is 0.0651. The van der Waals surface area contributed by atoms with Crippen LogP contribution in [-0.2, 0) is 26.5 Å². The molecule has 0 aliphatic carbocycles. The van der Waals surface area contributed by atoms with Gasteiger partial charge in [-0.25, -0.2) is 24.0 Å². The Balaban J connectivity index is 1.51. The van der Waals surface area contributed by atoms with Crippen molar-refractivity contribution in [2.45, 2.75) is 44.9 Å². The second-order valence-electron chi connectivity index (χ2n) is 9.51. The second-order valence-corrected chi connectivity index (χ2v) is 9.51. The fourth-order valence-electron chi connectivity index (χ4n) is 4.06. The third-order valence-corrected chi connectivity index (χ3v) is 5.66. The molecule has 184 valence electrons. The molecular weight excluding hydrogens is 467 g/mol. The first-order valence-corrected chi connectivity index (χ1v) is 11.2. The molecule has 11 heteroatoms. The van der Waals surface area contributed by atoms with Crippen molar-refractivity contribution in [3.8, 4) is 11.5 Å². The Labute approximate surface area is 205 Å². The number of fused-ring (bicyclic) bond motifs is 2. The largest absolute Gasteiger partial charge is 0.460 e. The lowest BCUT2D eigenvalue weighted by Crippen LogP contribution is -2.38. The number of aromatic nitrogens is 5. The molecule has 0 bridgehead atoms. The standard InChI is InChI=1S/C25H23FN6O4/c1-24(2,3)36-18(33)11-25(35)16-12-28-21(29-20(16)30-23(25)34)19-15-8-6-10-27-22(15)32(31-19)13-14-7-4-5-9-17(14)26/h4-10,12,35H,11,13H2,1-3H3,(H,28,29,30,34). The lowest BCUT2D eigenvalue weighted by Gasteiger charge is -2.24. The number of carbonyl (C=O) groups excluding carboxylic acids is 2. The van der Waals surface area contributed by atoms with Gasteiger partial charge < -0.3 is 15.2 Å². The average molecular weight is 490 g/mol. The van der Waals surface area contributed by atoms with Crippen molar-refractivity contribution in [3.05, 3.63) is 65.7 Å². The Morgan fingerprint density at radius 3 is 2.72 bits per heavy atom. The van der Waals surface area contributed by atoms with Gasteiger partial charge in [0.15, 0.2) is 17.1 Å². The van der Waals surface area contributed by atoms with E-state index in [-0.39, 0.29) is 29.6 Å². The maximum absolute atomic E-state index is 14.3. The van der Waals surface area contributed by atoms with Crippen LogP contribution in [0.1, 0.15) is 38.3 Å². The molecule has 3 aromatic heterocycles. The third kappa shape index (κ3) is 4.17. The highest BCUT2D eigenvalue weighted by Crippen LogP contribution is 2.38. The van der Waals surface area contributed by atoms with E-state index in [0.29, 0.717) is 22.3 Å². The Kier molecular flexibility index (Phi) is 5.51. The molecule has 2 N–H and O–H groups in total. The van der Waals surface area contributed by atoms with Crippen LogP contribution >= 0.6 is 0 Å². The first-order valence-electron chi connectivity index (χ1n) is 11.2. The van der Waals surface area contributed by atoms with Gasteiger partial charge in [0.1, 0.15) is 22.9 Å². The number of esters is 1. The maximum atomic E-state index is 14.3. The number of hydrogen-bond acceptors (Lipinski definition) is 8. The molecule has 1 aliphatic heterocycles.